The van der Waals surface area contributed by atoms with Crippen LogP contribution in [-0.4, -0.2) is 69.1 Å². The number of nitrogens with one attached hydrogen (secondary N) is 2. The van der Waals surface area contributed by atoms with Gasteiger partial charge in [-0.25, -0.2) is 13.8 Å². The summed E-state index contributed by atoms with van der Waals surface area (Å²) in [5.74, 6) is -0.160. The van der Waals surface area contributed by atoms with Gasteiger partial charge in [0, 0.05) is 32.5 Å². The molecule has 6 nitrogen and oxygen atoms in total. The Labute approximate surface area is 151 Å². The maximum atomic E-state index is 13.5. The fraction of sp³-hybridized carbons (Fsp3) is 0.500. The molecule has 1 aromatic carbocycles. The van der Waals surface area contributed by atoms with Gasteiger partial charge in [0.15, 0.2) is 17.5 Å². The molecule has 0 aliphatic rings. The fourth-order valence-corrected chi connectivity index (χ4v) is 1.96. The van der Waals surface area contributed by atoms with E-state index in [1.165, 1.54) is 11.0 Å². The maximum absolute atomic E-state index is 13.5. The Balaban J connectivity index is 2.47. The molecular formula is C16H24F2N4O2S. The highest BCUT2D eigenvalue weighted by molar-refractivity contribution is 7.98. The van der Waals surface area contributed by atoms with Gasteiger partial charge < -0.3 is 20.3 Å². The van der Waals surface area contributed by atoms with Crippen molar-refractivity contribution in [3.8, 4) is 5.75 Å². The topological polar surface area (TPSA) is 66.0 Å². The van der Waals surface area contributed by atoms with E-state index in [0.29, 0.717) is 19.0 Å². The summed E-state index contributed by atoms with van der Waals surface area (Å²) < 4.78 is 31.6. The van der Waals surface area contributed by atoms with Crippen molar-refractivity contribution in [2.75, 3.05) is 52.3 Å². The fourth-order valence-electron chi connectivity index (χ4n) is 1.66. The number of benzene rings is 1. The molecule has 0 atom stereocenters. The predicted molar refractivity (Wildman–Crippen MR) is 97.2 cm³/mol. The molecule has 0 saturated carbocycles. The van der Waals surface area contributed by atoms with Crippen LogP contribution in [0.3, 0.4) is 0 Å². The minimum atomic E-state index is -0.747. The van der Waals surface area contributed by atoms with Crippen LogP contribution in [0.25, 0.3) is 0 Å². The summed E-state index contributed by atoms with van der Waals surface area (Å²) in [7, 11) is 3.33. The van der Waals surface area contributed by atoms with Crippen molar-refractivity contribution in [1.29, 1.82) is 0 Å². The van der Waals surface area contributed by atoms with Crippen molar-refractivity contribution in [2.24, 2.45) is 4.99 Å². The summed E-state index contributed by atoms with van der Waals surface area (Å²) >= 11 is 1.68. The second-order valence-corrected chi connectivity index (χ2v) is 6.21. The lowest BCUT2D eigenvalue weighted by Gasteiger charge is -2.14. The Morgan fingerprint density at radius 3 is 2.64 bits per heavy atom. The Bertz CT molecular complexity index is 585. The van der Waals surface area contributed by atoms with Crippen LogP contribution in [-0.2, 0) is 4.79 Å². The number of nitrogens with zero attached hydrogens (tertiary/aromatic N) is 2. The SMILES string of the molecule is CSCCNC(=NCC(=O)N(C)C)NCCOc1ccc(F)cc1F. The molecule has 0 spiro atoms. The van der Waals surface area contributed by atoms with Crippen LogP contribution in [0, 0.1) is 11.6 Å². The van der Waals surface area contributed by atoms with E-state index in [0.717, 1.165) is 17.9 Å². The van der Waals surface area contributed by atoms with Gasteiger partial charge in [-0.2, -0.15) is 11.8 Å². The van der Waals surface area contributed by atoms with Crippen LogP contribution in [0.5, 0.6) is 5.75 Å². The van der Waals surface area contributed by atoms with Crippen molar-refractivity contribution in [2.45, 2.75) is 0 Å². The number of ether oxygens (including phenoxy) is 1. The number of aliphatic imine (C=N–C) groups is 1. The second kappa shape index (κ2) is 11.5. The van der Waals surface area contributed by atoms with E-state index in [1.54, 1.807) is 25.9 Å². The first-order chi connectivity index (χ1) is 11.9. The van der Waals surface area contributed by atoms with E-state index in [4.69, 9.17) is 4.74 Å². The number of halogens is 2. The molecule has 1 amide bonds. The monoisotopic (exact) mass is 374 g/mol. The molecule has 2 N–H and O–H groups in total. The van der Waals surface area contributed by atoms with Crippen LogP contribution < -0.4 is 15.4 Å². The molecular weight excluding hydrogens is 350 g/mol. The van der Waals surface area contributed by atoms with Crippen molar-refractivity contribution in [1.82, 2.24) is 15.5 Å². The lowest BCUT2D eigenvalue weighted by Crippen LogP contribution is -2.41. The molecule has 0 radical (unpaired) electrons. The molecule has 0 saturated heterocycles. The Morgan fingerprint density at radius 1 is 1.28 bits per heavy atom. The van der Waals surface area contributed by atoms with Crippen LogP contribution in [0.2, 0.25) is 0 Å². The highest BCUT2D eigenvalue weighted by atomic mass is 32.2. The molecule has 0 unspecified atom stereocenters. The number of carbonyl (C=O) groups is 1. The van der Waals surface area contributed by atoms with Gasteiger partial charge in [0.1, 0.15) is 19.0 Å². The number of amides is 1. The first-order valence-corrected chi connectivity index (χ1v) is 9.12. The third kappa shape index (κ3) is 8.57. The Hall–Kier alpha value is -2.03. The maximum Gasteiger partial charge on any atom is 0.243 e. The van der Waals surface area contributed by atoms with Crippen molar-refractivity contribution < 1.29 is 18.3 Å². The van der Waals surface area contributed by atoms with E-state index in [1.807, 2.05) is 6.26 Å². The van der Waals surface area contributed by atoms with E-state index in [9.17, 15) is 13.6 Å². The zero-order valence-corrected chi connectivity index (χ0v) is 15.5. The average Bonchev–Trinajstić information content (AvgIpc) is 2.57. The molecule has 0 aromatic heterocycles. The number of hydrogen-bond acceptors (Lipinski definition) is 4. The summed E-state index contributed by atoms with van der Waals surface area (Å²) in [6, 6.07) is 3.15. The molecule has 9 heteroatoms. The lowest BCUT2D eigenvalue weighted by molar-refractivity contribution is -0.127. The van der Waals surface area contributed by atoms with E-state index < -0.39 is 11.6 Å². The summed E-state index contributed by atoms with van der Waals surface area (Å²) in [5, 5.41) is 6.11. The van der Waals surface area contributed by atoms with Gasteiger partial charge in [-0.15, -0.1) is 0 Å². The normalized spacial score (nSPS) is 11.2. The summed E-state index contributed by atoms with van der Waals surface area (Å²) in [6.07, 6.45) is 1.99. The van der Waals surface area contributed by atoms with Gasteiger partial charge in [0.05, 0.1) is 6.54 Å². The second-order valence-electron chi connectivity index (χ2n) is 5.22. The highest BCUT2D eigenvalue weighted by Crippen LogP contribution is 2.17. The standard InChI is InChI=1S/C16H24F2N4O2S/c1-22(2)15(23)11-21-16(20-7-9-25-3)19-6-8-24-14-5-4-12(17)10-13(14)18/h4-5,10H,6-9,11H2,1-3H3,(H2,19,20,21). The molecule has 140 valence electrons. The minimum Gasteiger partial charge on any atom is -0.489 e. The van der Waals surface area contributed by atoms with Crippen LogP contribution >= 0.6 is 11.8 Å². The molecule has 0 aliphatic heterocycles. The predicted octanol–water partition coefficient (Wildman–Crippen LogP) is 1.33. The third-order valence-electron chi connectivity index (χ3n) is 3.02. The summed E-state index contributed by atoms with van der Waals surface area (Å²) in [5.41, 5.74) is 0. The van der Waals surface area contributed by atoms with Gasteiger partial charge in [-0.05, 0) is 18.4 Å². The Kier molecular flexibility index (Phi) is 9.68. The zero-order chi connectivity index (χ0) is 18.7. The number of thioether (sulfide) groups is 1. The largest absolute Gasteiger partial charge is 0.489 e. The van der Waals surface area contributed by atoms with Gasteiger partial charge in [-0.3, -0.25) is 4.79 Å². The number of hydrogen-bond donors (Lipinski definition) is 2. The van der Waals surface area contributed by atoms with Crippen LogP contribution in [0.4, 0.5) is 8.78 Å². The molecule has 1 aromatic rings. The summed E-state index contributed by atoms with van der Waals surface area (Å²) in [6.45, 7) is 1.22. The Morgan fingerprint density at radius 2 is 2.00 bits per heavy atom. The third-order valence-corrected chi connectivity index (χ3v) is 3.63. The molecule has 0 aliphatic carbocycles. The van der Waals surface area contributed by atoms with Crippen LogP contribution in [0.1, 0.15) is 0 Å². The zero-order valence-electron chi connectivity index (χ0n) is 14.6. The number of carbonyl (C=O) groups excluding carboxylic acids is 1. The highest BCUT2D eigenvalue weighted by Gasteiger charge is 2.06. The van der Waals surface area contributed by atoms with Crippen molar-refractivity contribution >= 4 is 23.6 Å². The van der Waals surface area contributed by atoms with Gasteiger partial charge in [-0.1, -0.05) is 0 Å². The number of likely N-dealkylation sites (N-methyl/N-ethyl adjacent to an activating group) is 1. The first-order valence-electron chi connectivity index (χ1n) is 7.73. The lowest BCUT2D eigenvalue weighted by atomic mass is 10.3. The summed E-state index contributed by atoms with van der Waals surface area (Å²) in [4.78, 5) is 17.3. The quantitative estimate of drug-likeness (QED) is 0.388. The smallest absolute Gasteiger partial charge is 0.243 e. The van der Waals surface area contributed by atoms with Crippen molar-refractivity contribution in [3.05, 3.63) is 29.8 Å². The molecule has 0 heterocycles. The molecule has 0 fully saturated rings. The molecule has 25 heavy (non-hydrogen) atoms. The van der Waals surface area contributed by atoms with E-state index >= 15 is 0 Å². The van der Waals surface area contributed by atoms with Gasteiger partial charge in [0.25, 0.3) is 0 Å². The number of guanidine groups is 1. The number of rotatable bonds is 9. The van der Waals surface area contributed by atoms with Gasteiger partial charge >= 0.3 is 0 Å². The van der Waals surface area contributed by atoms with E-state index in [2.05, 4.69) is 15.6 Å². The van der Waals surface area contributed by atoms with Crippen molar-refractivity contribution in [3.63, 3.8) is 0 Å². The van der Waals surface area contributed by atoms with Gasteiger partial charge in [0.2, 0.25) is 5.91 Å². The minimum absolute atomic E-state index is 0.0141. The molecule has 1 rings (SSSR count). The van der Waals surface area contributed by atoms with E-state index in [-0.39, 0.29) is 24.8 Å². The first kappa shape index (κ1) is 21.0. The average molecular weight is 374 g/mol. The molecule has 0 bridgehead atoms. The van der Waals surface area contributed by atoms with Crippen LogP contribution in [0.15, 0.2) is 23.2 Å².